The van der Waals surface area contributed by atoms with Crippen LogP contribution in [-0.4, -0.2) is 4.98 Å². The summed E-state index contributed by atoms with van der Waals surface area (Å²) in [7, 11) is 0. The molecule has 1 nitrogen and oxygen atoms in total. The third-order valence-corrected chi connectivity index (χ3v) is 10.9. The first-order chi connectivity index (χ1) is 24.1. The van der Waals surface area contributed by atoms with Gasteiger partial charge in [-0.1, -0.05) is 147 Å². The lowest BCUT2D eigenvalue weighted by molar-refractivity contribution is 0.660. The van der Waals surface area contributed by atoms with E-state index in [9.17, 15) is 0 Å². The van der Waals surface area contributed by atoms with E-state index in [0.717, 1.165) is 5.69 Å². The first-order valence-corrected chi connectivity index (χ1v) is 17.1. The second-order valence-corrected chi connectivity index (χ2v) is 13.9. The summed E-state index contributed by atoms with van der Waals surface area (Å²) in [5.74, 6) is 0. The molecule has 0 bridgehead atoms. The fourth-order valence-corrected chi connectivity index (χ4v) is 8.47. The zero-order valence-electron chi connectivity index (χ0n) is 27.5. The maximum atomic E-state index is 5.08. The predicted octanol–water partition coefficient (Wildman–Crippen LogP) is 13.0. The first-order valence-electron chi connectivity index (χ1n) is 17.1. The van der Waals surface area contributed by atoms with Crippen LogP contribution < -0.4 is 0 Å². The van der Waals surface area contributed by atoms with Crippen LogP contribution in [0.15, 0.2) is 164 Å². The van der Waals surface area contributed by atoms with Gasteiger partial charge in [-0.25, -0.2) is 0 Å². The number of nitrogens with zero attached hydrogens (tertiary/aromatic N) is 1. The number of aromatic nitrogens is 1. The first kappa shape index (κ1) is 28.0. The van der Waals surface area contributed by atoms with Crippen LogP contribution in [0.5, 0.6) is 0 Å². The molecule has 1 heterocycles. The normalized spacial score (nSPS) is 13.3. The molecule has 0 spiro atoms. The van der Waals surface area contributed by atoms with Gasteiger partial charge in [0.2, 0.25) is 0 Å². The highest BCUT2D eigenvalue weighted by molar-refractivity contribution is 6.23. The average Bonchev–Trinajstić information content (AvgIpc) is 3.38. The van der Waals surface area contributed by atoms with Crippen molar-refractivity contribution in [2.45, 2.75) is 19.3 Å². The fraction of sp³-hybridized carbons (Fsp3) is 0.0625. The summed E-state index contributed by atoms with van der Waals surface area (Å²) in [5, 5.41) is 9.78. The number of fused-ring (bicyclic) bond motifs is 7. The van der Waals surface area contributed by atoms with Crippen molar-refractivity contribution in [3.05, 3.63) is 175 Å². The van der Waals surface area contributed by atoms with Crippen LogP contribution in [0, 0.1) is 0 Å². The molecule has 9 aromatic rings. The number of hydrogen-bond donors (Lipinski definition) is 0. The molecule has 0 aliphatic heterocycles. The van der Waals surface area contributed by atoms with Crippen molar-refractivity contribution < 1.29 is 0 Å². The van der Waals surface area contributed by atoms with E-state index in [1.54, 1.807) is 0 Å². The summed E-state index contributed by atoms with van der Waals surface area (Å²) < 4.78 is 0. The lowest BCUT2D eigenvalue weighted by Crippen LogP contribution is -2.14. The Morgan fingerprint density at radius 1 is 0.388 bits per heavy atom. The molecule has 1 aromatic heterocycles. The third kappa shape index (κ3) is 4.15. The Kier molecular flexibility index (Phi) is 5.99. The zero-order valence-corrected chi connectivity index (χ0v) is 27.5. The number of rotatable bonds is 3. The zero-order chi connectivity index (χ0) is 32.7. The van der Waals surface area contributed by atoms with Gasteiger partial charge in [0.05, 0.1) is 5.69 Å². The molecule has 0 atom stereocenters. The van der Waals surface area contributed by atoms with E-state index in [-0.39, 0.29) is 5.41 Å². The number of hydrogen-bond acceptors (Lipinski definition) is 1. The molecule has 0 saturated heterocycles. The quantitative estimate of drug-likeness (QED) is 0.178. The Labute approximate surface area is 286 Å². The van der Waals surface area contributed by atoms with Crippen LogP contribution in [0.2, 0.25) is 0 Å². The molecule has 0 saturated carbocycles. The Hall–Kier alpha value is -6.05. The summed E-state index contributed by atoms with van der Waals surface area (Å²) in [6.07, 6.45) is 1.95. The molecule has 1 heteroatoms. The number of benzene rings is 8. The molecule has 0 N–H and O–H groups in total. The maximum absolute atomic E-state index is 5.08. The van der Waals surface area contributed by atoms with Crippen molar-refractivity contribution in [1.29, 1.82) is 0 Å². The topological polar surface area (TPSA) is 12.9 Å². The number of pyridine rings is 1. The minimum absolute atomic E-state index is 0.0867. The van der Waals surface area contributed by atoms with Gasteiger partial charge in [-0.15, -0.1) is 0 Å². The van der Waals surface area contributed by atoms with E-state index in [4.69, 9.17) is 4.98 Å². The van der Waals surface area contributed by atoms with Gasteiger partial charge < -0.3 is 0 Å². The lowest BCUT2D eigenvalue weighted by Gasteiger charge is -2.23. The molecule has 230 valence electrons. The van der Waals surface area contributed by atoms with Crippen LogP contribution in [0.1, 0.15) is 25.0 Å². The van der Waals surface area contributed by atoms with Crippen LogP contribution in [-0.2, 0) is 5.41 Å². The smallest absolute Gasteiger partial charge is 0.0792 e. The largest absolute Gasteiger partial charge is 0.256 e. The molecule has 0 fully saturated rings. The minimum Gasteiger partial charge on any atom is -0.256 e. The van der Waals surface area contributed by atoms with Crippen molar-refractivity contribution in [1.82, 2.24) is 4.98 Å². The standard InChI is InChI=1S/C48H33N/c1-48(2)43-18-10-9-15-37(43)38-23-22-35(29-44(38)48)45-39-16-7-8-17-40(39)46(47-36-14-6-5-12-31(36)25-26-49-47)41-24-21-34(28-42(41)45)33-20-19-30-11-3-4-13-32(30)27-33/h3-29H,1-2H3. The second kappa shape index (κ2) is 10.5. The minimum atomic E-state index is -0.0867. The molecule has 1 aliphatic rings. The highest BCUT2D eigenvalue weighted by atomic mass is 14.7. The molecule has 1 aliphatic carbocycles. The SMILES string of the molecule is CC1(C)c2ccccc2-c2ccc(-c3c4ccccc4c(-c4nccc5ccccc45)c4ccc(-c5ccc6ccccc6c5)cc34)cc21. The fourth-order valence-electron chi connectivity index (χ4n) is 8.47. The highest BCUT2D eigenvalue weighted by Crippen LogP contribution is 2.51. The molecular weight excluding hydrogens is 591 g/mol. The summed E-state index contributed by atoms with van der Waals surface area (Å²) in [4.78, 5) is 5.08. The monoisotopic (exact) mass is 623 g/mol. The van der Waals surface area contributed by atoms with E-state index in [1.807, 2.05) is 6.20 Å². The Morgan fingerprint density at radius 2 is 1.00 bits per heavy atom. The van der Waals surface area contributed by atoms with E-state index in [2.05, 4.69) is 172 Å². The van der Waals surface area contributed by atoms with Gasteiger partial charge in [0, 0.05) is 22.6 Å². The van der Waals surface area contributed by atoms with Crippen molar-refractivity contribution in [3.8, 4) is 44.6 Å². The molecule has 0 amide bonds. The van der Waals surface area contributed by atoms with Gasteiger partial charge in [-0.05, 0) is 106 Å². The van der Waals surface area contributed by atoms with Crippen LogP contribution in [0.3, 0.4) is 0 Å². The van der Waals surface area contributed by atoms with Crippen molar-refractivity contribution in [2.75, 3.05) is 0 Å². The Balaban J connectivity index is 1.31. The molecule has 8 aromatic carbocycles. The van der Waals surface area contributed by atoms with E-state index in [1.165, 1.54) is 93.2 Å². The molecule has 49 heavy (non-hydrogen) atoms. The Bertz CT molecular complexity index is 2800. The van der Waals surface area contributed by atoms with E-state index in [0.29, 0.717) is 0 Å². The predicted molar refractivity (Wildman–Crippen MR) is 208 cm³/mol. The van der Waals surface area contributed by atoms with Crippen LogP contribution >= 0.6 is 0 Å². The van der Waals surface area contributed by atoms with Gasteiger partial charge in [-0.3, -0.25) is 4.98 Å². The Morgan fingerprint density at radius 3 is 1.86 bits per heavy atom. The summed E-state index contributed by atoms with van der Waals surface area (Å²) >= 11 is 0. The average molecular weight is 624 g/mol. The summed E-state index contributed by atoms with van der Waals surface area (Å²) in [5.41, 5.74) is 12.5. The summed E-state index contributed by atoms with van der Waals surface area (Å²) in [6.45, 7) is 4.73. The van der Waals surface area contributed by atoms with Crippen molar-refractivity contribution in [3.63, 3.8) is 0 Å². The van der Waals surface area contributed by atoms with Crippen molar-refractivity contribution >= 4 is 43.1 Å². The molecule has 0 radical (unpaired) electrons. The second-order valence-electron chi connectivity index (χ2n) is 13.9. The van der Waals surface area contributed by atoms with Gasteiger partial charge >= 0.3 is 0 Å². The summed E-state index contributed by atoms with van der Waals surface area (Å²) in [6, 6.07) is 58.2. The van der Waals surface area contributed by atoms with E-state index < -0.39 is 0 Å². The molecular formula is C48H33N. The van der Waals surface area contributed by atoms with Gasteiger partial charge in [0.15, 0.2) is 0 Å². The van der Waals surface area contributed by atoms with E-state index >= 15 is 0 Å². The van der Waals surface area contributed by atoms with Crippen LogP contribution in [0.25, 0.3) is 87.7 Å². The van der Waals surface area contributed by atoms with Crippen molar-refractivity contribution in [2.24, 2.45) is 0 Å². The highest BCUT2D eigenvalue weighted by Gasteiger charge is 2.35. The van der Waals surface area contributed by atoms with Gasteiger partial charge in [-0.2, -0.15) is 0 Å². The maximum Gasteiger partial charge on any atom is 0.0792 e. The molecule has 10 rings (SSSR count). The molecule has 0 unspecified atom stereocenters. The van der Waals surface area contributed by atoms with Gasteiger partial charge in [0.1, 0.15) is 0 Å². The van der Waals surface area contributed by atoms with Crippen LogP contribution in [0.4, 0.5) is 0 Å². The third-order valence-electron chi connectivity index (χ3n) is 10.9. The van der Waals surface area contributed by atoms with Gasteiger partial charge in [0.25, 0.3) is 0 Å². The lowest BCUT2D eigenvalue weighted by atomic mass is 9.80.